The predicted octanol–water partition coefficient (Wildman–Crippen LogP) is 3.34. The molecule has 0 bridgehead atoms. The summed E-state index contributed by atoms with van der Waals surface area (Å²) in [4.78, 5) is 4.94. The number of fused-ring (bicyclic) bond motifs is 3. The summed E-state index contributed by atoms with van der Waals surface area (Å²) in [5.41, 5.74) is 1.16. The second-order valence-electron chi connectivity index (χ2n) is 10.3. The van der Waals surface area contributed by atoms with Gasteiger partial charge in [0.2, 0.25) is 0 Å². The maximum atomic E-state index is 13.2. The molecule has 1 heterocycles. The van der Waals surface area contributed by atoms with Crippen LogP contribution < -0.4 is 35.2 Å². The van der Waals surface area contributed by atoms with Crippen LogP contribution in [0, 0.1) is 10.2 Å². The van der Waals surface area contributed by atoms with Gasteiger partial charge in [0.15, 0.2) is 0 Å². The summed E-state index contributed by atoms with van der Waals surface area (Å²) in [6.45, 7) is -5.23. The van der Waals surface area contributed by atoms with E-state index in [0.717, 1.165) is 0 Å². The minimum atomic E-state index is -5.23. The molecule has 0 saturated carbocycles. The molecule has 0 atom stereocenters. The van der Waals surface area contributed by atoms with Gasteiger partial charge in [0, 0.05) is 0 Å². The molecule has 1 aromatic heterocycles. The normalized spacial score (nSPS) is 13.1. The molecule has 0 saturated heterocycles. The fraction of sp³-hybridized carbons (Fsp3) is 0. The number of phenolic OH excluding ortho intramolecular Hbond substituents is 1. The van der Waals surface area contributed by atoms with Gasteiger partial charge in [-0.25, -0.2) is 0 Å². The van der Waals surface area contributed by atoms with Crippen LogP contribution in [0.25, 0.3) is 33.3 Å². The molecule has 9 heteroatoms. The first-order valence-electron chi connectivity index (χ1n) is 13.7. The van der Waals surface area contributed by atoms with Crippen molar-refractivity contribution in [3.8, 4) is 17.2 Å². The van der Waals surface area contributed by atoms with Crippen LogP contribution in [0.15, 0.2) is 150 Å². The van der Waals surface area contributed by atoms with Gasteiger partial charge in [-0.05, 0) is 0 Å². The van der Waals surface area contributed by atoms with Crippen molar-refractivity contribution in [1.29, 1.82) is 0 Å². The van der Waals surface area contributed by atoms with Gasteiger partial charge in [0.1, 0.15) is 0 Å². The Hall–Kier alpha value is -4.59. The van der Waals surface area contributed by atoms with Gasteiger partial charge in [0.05, 0.1) is 0 Å². The van der Waals surface area contributed by atoms with E-state index in [1.165, 1.54) is 0 Å². The van der Waals surface area contributed by atoms with Gasteiger partial charge in [-0.1, -0.05) is 0 Å². The van der Waals surface area contributed by atoms with Crippen molar-refractivity contribution in [2.24, 2.45) is 0 Å². The number of phenols is 1. The monoisotopic (exact) mass is 621 g/mol. The second-order valence-corrected chi connectivity index (χ2v) is 15.7. The third kappa shape index (κ3) is 4.14. The predicted molar refractivity (Wildman–Crippen MR) is 164 cm³/mol. The summed E-state index contributed by atoms with van der Waals surface area (Å²) in [6, 6.07) is 42.5. The Bertz CT molecular complexity index is 2000. The first kappa shape index (κ1) is 28.2. The van der Waals surface area contributed by atoms with Crippen molar-refractivity contribution >= 4 is 49.9 Å². The fourth-order valence-electron chi connectivity index (χ4n) is 6.19. The van der Waals surface area contributed by atoms with Gasteiger partial charge in [-0.3, -0.25) is 0 Å². The summed E-state index contributed by atoms with van der Waals surface area (Å²) >= 11 is 0. The van der Waals surface area contributed by atoms with Gasteiger partial charge in [-0.15, -0.1) is 0 Å². The van der Waals surface area contributed by atoms with E-state index >= 15 is 0 Å². The SMILES string of the molecule is [O-][Cl+3]([O-])([O-])OP(c1ccccc1)(c1ccccc1)(c1ccccc1)c1c(O)c2ccccc2c2oc(-c3ccccc3)nc12. The maximum absolute atomic E-state index is 13.2. The molecule has 6 aromatic carbocycles. The molecule has 0 fully saturated rings. The van der Waals surface area contributed by atoms with Gasteiger partial charge in [-0.2, -0.15) is 0 Å². The quantitative estimate of drug-likeness (QED) is 0.271. The number of aromatic hydroxyl groups is 1. The van der Waals surface area contributed by atoms with E-state index in [2.05, 4.69) is 0 Å². The Morgan fingerprint density at radius 3 is 1.50 bits per heavy atom. The zero-order valence-electron chi connectivity index (χ0n) is 23.1. The number of rotatable bonds is 7. The summed E-state index contributed by atoms with van der Waals surface area (Å²) in [6.07, 6.45) is 0. The molecule has 218 valence electrons. The third-order valence-electron chi connectivity index (χ3n) is 7.92. The number of hydrogen-bond acceptors (Lipinski definition) is 7. The van der Waals surface area contributed by atoms with Gasteiger partial charge < -0.3 is 0 Å². The summed E-state index contributed by atoms with van der Waals surface area (Å²) in [5, 5.41) is 14.6. The standard InChI is InChI=1S/C35H25ClNO6P/c38-32-29-23-13-14-24-30(29)33-31(37-35(42-33)25-15-5-1-6-16-25)34(32)44(43-36(39,40)41,26-17-7-2-8-18-26,27-19-9-3-10-20-27)28-21-11-4-12-22-28/h1-24,38H. The minimum absolute atomic E-state index is 0.0474. The van der Waals surface area contributed by atoms with E-state index in [-0.39, 0.29) is 22.5 Å². The number of aromatic nitrogens is 1. The topological polar surface area (TPSA) is 125 Å². The zero-order valence-corrected chi connectivity index (χ0v) is 24.8. The molecule has 0 aliphatic carbocycles. The van der Waals surface area contributed by atoms with E-state index < -0.39 is 17.1 Å². The molecule has 7 aromatic rings. The number of benzene rings is 6. The van der Waals surface area contributed by atoms with E-state index in [1.807, 2.05) is 36.4 Å². The Kier molecular flexibility index (Phi) is 6.76. The molecular formula is C35H25ClNO6P. The number of oxazole rings is 1. The molecule has 7 rings (SSSR count). The molecule has 0 unspecified atom stereocenters. The molecule has 0 aliphatic heterocycles. The van der Waals surface area contributed by atoms with Crippen LogP contribution in [0.5, 0.6) is 5.75 Å². The number of nitrogens with zero attached hydrogens (tertiary/aromatic N) is 1. The number of hydrogen-bond donors (Lipinski definition) is 1. The summed E-state index contributed by atoms with van der Waals surface area (Å²) in [7, 11) is -5.12. The zero-order chi connectivity index (χ0) is 30.4. The van der Waals surface area contributed by atoms with Crippen LogP contribution in [-0.2, 0) is 4.08 Å². The van der Waals surface area contributed by atoms with E-state index in [1.54, 1.807) is 109 Å². The first-order chi connectivity index (χ1) is 21.3. The van der Waals surface area contributed by atoms with Crippen LogP contribution in [-0.4, -0.2) is 10.1 Å². The number of halogens is 1. The van der Waals surface area contributed by atoms with Crippen molar-refractivity contribution in [3.05, 3.63) is 146 Å². The van der Waals surface area contributed by atoms with Crippen LogP contribution >= 0.6 is 6.83 Å². The van der Waals surface area contributed by atoms with E-state index in [0.29, 0.717) is 37.8 Å². The Labute approximate surface area is 255 Å². The molecule has 0 radical (unpaired) electrons. The summed E-state index contributed by atoms with van der Waals surface area (Å²) < 4.78 is 52.2. The molecule has 0 spiro atoms. The fourth-order valence-corrected chi connectivity index (χ4v) is 13.8. The van der Waals surface area contributed by atoms with Crippen molar-refractivity contribution in [2.75, 3.05) is 0 Å². The van der Waals surface area contributed by atoms with Crippen molar-refractivity contribution in [2.45, 2.75) is 0 Å². The Morgan fingerprint density at radius 2 is 1.02 bits per heavy atom. The molecule has 1 N–H and O–H groups in total. The van der Waals surface area contributed by atoms with Crippen molar-refractivity contribution in [3.63, 3.8) is 0 Å². The molecule has 44 heavy (non-hydrogen) atoms. The Balaban J connectivity index is 1.83. The average Bonchev–Trinajstić information content (AvgIpc) is 3.51. The van der Waals surface area contributed by atoms with E-state index in [4.69, 9.17) is 13.5 Å². The molecule has 0 aliphatic rings. The van der Waals surface area contributed by atoms with Crippen LogP contribution in [0.1, 0.15) is 0 Å². The average molecular weight is 622 g/mol. The van der Waals surface area contributed by atoms with Gasteiger partial charge in [0.25, 0.3) is 0 Å². The summed E-state index contributed by atoms with van der Waals surface area (Å²) in [5.74, 6) is -0.0139. The van der Waals surface area contributed by atoms with Gasteiger partial charge >= 0.3 is 256 Å². The van der Waals surface area contributed by atoms with Crippen molar-refractivity contribution in [1.82, 2.24) is 4.98 Å². The molecular weight excluding hydrogens is 597 g/mol. The van der Waals surface area contributed by atoms with E-state index in [9.17, 15) is 19.1 Å². The van der Waals surface area contributed by atoms with Crippen LogP contribution in [0.4, 0.5) is 0 Å². The second kappa shape index (κ2) is 10.5. The van der Waals surface area contributed by atoms with Crippen LogP contribution in [0.2, 0.25) is 0 Å². The first-order valence-corrected chi connectivity index (χ1v) is 17.1. The third-order valence-corrected chi connectivity index (χ3v) is 14.8. The Morgan fingerprint density at radius 1 is 0.591 bits per heavy atom. The molecule has 0 amide bonds. The van der Waals surface area contributed by atoms with Crippen molar-refractivity contribution < 1.29 is 37.8 Å². The van der Waals surface area contributed by atoms with Crippen LogP contribution in [0.3, 0.4) is 0 Å². The molecule has 7 nitrogen and oxygen atoms in total.